The fraction of sp³-hybridized carbons (Fsp3) is 0.714. The SMILES string of the molecule is C#CC(CC(C)C)n1cc(C(CC(C)C)n2cc(C(O)CC(C)C)nn2)nn1. The summed E-state index contributed by atoms with van der Waals surface area (Å²) in [5, 5.41) is 27.5. The first-order valence-corrected chi connectivity index (χ1v) is 10.2. The van der Waals surface area contributed by atoms with Gasteiger partial charge in [0.05, 0.1) is 24.5 Å². The third-order valence-corrected chi connectivity index (χ3v) is 4.65. The van der Waals surface area contributed by atoms with Gasteiger partial charge < -0.3 is 5.11 Å². The quantitative estimate of drug-likeness (QED) is 0.628. The van der Waals surface area contributed by atoms with Gasteiger partial charge in [0.25, 0.3) is 0 Å². The molecule has 0 saturated carbocycles. The van der Waals surface area contributed by atoms with Crippen molar-refractivity contribution in [3.63, 3.8) is 0 Å². The highest BCUT2D eigenvalue weighted by Crippen LogP contribution is 2.27. The minimum atomic E-state index is -0.610. The zero-order valence-corrected chi connectivity index (χ0v) is 17.9. The van der Waals surface area contributed by atoms with E-state index in [1.54, 1.807) is 9.36 Å². The summed E-state index contributed by atoms with van der Waals surface area (Å²) in [6.45, 7) is 12.8. The molecule has 2 heterocycles. The third kappa shape index (κ3) is 5.90. The van der Waals surface area contributed by atoms with Gasteiger partial charge >= 0.3 is 0 Å². The van der Waals surface area contributed by atoms with E-state index in [1.807, 2.05) is 12.4 Å². The van der Waals surface area contributed by atoms with Crippen molar-refractivity contribution in [3.05, 3.63) is 23.8 Å². The third-order valence-electron chi connectivity index (χ3n) is 4.65. The van der Waals surface area contributed by atoms with Gasteiger partial charge in [-0.1, -0.05) is 57.9 Å². The molecule has 3 unspecified atom stereocenters. The summed E-state index contributed by atoms with van der Waals surface area (Å²) in [6.07, 6.45) is 11.2. The van der Waals surface area contributed by atoms with Crippen LogP contribution in [0.5, 0.6) is 0 Å². The summed E-state index contributed by atoms with van der Waals surface area (Å²) >= 11 is 0. The molecule has 154 valence electrons. The molecule has 1 N–H and O–H groups in total. The molecule has 0 spiro atoms. The maximum Gasteiger partial charge on any atom is 0.114 e. The highest BCUT2D eigenvalue weighted by atomic mass is 16.3. The Morgan fingerprint density at radius 2 is 1.39 bits per heavy atom. The van der Waals surface area contributed by atoms with Crippen molar-refractivity contribution in [1.82, 2.24) is 30.0 Å². The molecule has 0 saturated heterocycles. The molecule has 0 amide bonds. The first-order valence-electron chi connectivity index (χ1n) is 10.2. The number of nitrogens with zero attached hydrogens (tertiary/aromatic N) is 6. The molecule has 0 aliphatic carbocycles. The van der Waals surface area contributed by atoms with Crippen molar-refractivity contribution in [2.45, 2.75) is 79.0 Å². The number of rotatable bonds is 10. The normalized spacial score (nSPS) is 15.2. The predicted octanol–water partition coefficient (Wildman–Crippen LogP) is 3.81. The molecule has 0 radical (unpaired) electrons. The van der Waals surface area contributed by atoms with Crippen LogP contribution >= 0.6 is 0 Å². The van der Waals surface area contributed by atoms with Crippen molar-refractivity contribution < 1.29 is 5.11 Å². The van der Waals surface area contributed by atoms with E-state index in [0.29, 0.717) is 29.9 Å². The van der Waals surface area contributed by atoms with Crippen molar-refractivity contribution in [2.24, 2.45) is 17.8 Å². The molecule has 0 aromatic carbocycles. The van der Waals surface area contributed by atoms with Crippen LogP contribution in [0.4, 0.5) is 0 Å². The molecule has 7 heteroatoms. The van der Waals surface area contributed by atoms with Crippen molar-refractivity contribution in [2.75, 3.05) is 0 Å². The number of aliphatic hydroxyl groups excluding tert-OH is 1. The first kappa shape index (κ1) is 22.1. The summed E-state index contributed by atoms with van der Waals surface area (Å²) in [5.41, 5.74) is 1.41. The predicted molar refractivity (Wildman–Crippen MR) is 109 cm³/mol. The summed E-state index contributed by atoms with van der Waals surface area (Å²) in [7, 11) is 0. The molecular formula is C21H34N6O. The number of terminal acetylenes is 1. The van der Waals surface area contributed by atoms with Gasteiger partial charge in [-0.25, -0.2) is 9.36 Å². The van der Waals surface area contributed by atoms with E-state index in [-0.39, 0.29) is 12.1 Å². The fourth-order valence-corrected chi connectivity index (χ4v) is 3.27. The minimum Gasteiger partial charge on any atom is -0.387 e. The van der Waals surface area contributed by atoms with Gasteiger partial charge in [-0.15, -0.1) is 16.6 Å². The Labute approximate surface area is 168 Å². The van der Waals surface area contributed by atoms with E-state index in [1.165, 1.54) is 0 Å². The molecule has 0 aliphatic heterocycles. The van der Waals surface area contributed by atoms with E-state index >= 15 is 0 Å². The molecule has 7 nitrogen and oxygen atoms in total. The maximum absolute atomic E-state index is 10.4. The molecule has 28 heavy (non-hydrogen) atoms. The monoisotopic (exact) mass is 386 g/mol. The molecule has 0 bridgehead atoms. The lowest BCUT2D eigenvalue weighted by molar-refractivity contribution is 0.146. The van der Waals surface area contributed by atoms with Crippen LogP contribution in [0.3, 0.4) is 0 Å². The second-order valence-corrected chi connectivity index (χ2v) is 8.85. The van der Waals surface area contributed by atoms with Gasteiger partial charge in [0, 0.05) is 0 Å². The van der Waals surface area contributed by atoms with E-state index in [9.17, 15) is 5.11 Å². The van der Waals surface area contributed by atoms with Crippen molar-refractivity contribution in [1.29, 1.82) is 0 Å². The lowest BCUT2D eigenvalue weighted by Crippen LogP contribution is -2.15. The standard InChI is InChI=1S/C21H34N6O/c1-8-17(9-14(2)3)26-12-18(22-24-26)20(10-15(4)5)27-13-19(23-25-27)21(28)11-16(6)7/h1,12-17,20-21,28H,9-11H2,2-7H3. The molecule has 0 fully saturated rings. The molecule has 2 aromatic rings. The summed E-state index contributed by atoms with van der Waals surface area (Å²) in [5.74, 6) is 4.10. The number of hydrogen-bond donors (Lipinski definition) is 1. The Morgan fingerprint density at radius 1 is 0.857 bits per heavy atom. The van der Waals surface area contributed by atoms with Crippen LogP contribution in [-0.2, 0) is 0 Å². The van der Waals surface area contributed by atoms with E-state index in [2.05, 4.69) is 68.1 Å². The summed E-state index contributed by atoms with van der Waals surface area (Å²) in [4.78, 5) is 0. The average Bonchev–Trinajstić information content (AvgIpc) is 3.26. The van der Waals surface area contributed by atoms with Crippen molar-refractivity contribution >= 4 is 0 Å². The van der Waals surface area contributed by atoms with Crippen LogP contribution in [0.2, 0.25) is 0 Å². The van der Waals surface area contributed by atoms with Crippen LogP contribution in [0.1, 0.15) is 90.4 Å². The molecule has 2 rings (SSSR count). The van der Waals surface area contributed by atoms with Crippen LogP contribution in [0.25, 0.3) is 0 Å². The Balaban J connectivity index is 2.28. The van der Waals surface area contributed by atoms with Crippen molar-refractivity contribution in [3.8, 4) is 12.3 Å². The van der Waals surface area contributed by atoms with Crippen LogP contribution < -0.4 is 0 Å². The number of aliphatic hydroxyl groups is 1. The Hall–Kier alpha value is -2.20. The highest BCUT2D eigenvalue weighted by molar-refractivity contribution is 5.08. The first-order chi connectivity index (χ1) is 13.2. The molecule has 3 atom stereocenters. The lowest BCUT2D eigenvalue weighted by Gasteiger charge is -2.17. The Bertz CT molecular complexity index is 770. The van der Waals surface area contributed by atoms with Gasteiger partial charge in [0.1, 0.15) is 17.4 Å². The average molecular weight is 387 g/mol. The summed E-state index contributed by atoms with van der Waals surface area (Å²) < 4.78 is 3.56. The molecular weight excluding hydrogens is 352 g/mol. The van der Waals surface area contributed by atoms with Crippen LogP contribution in [0.15, 0.2) is 12.4 Å². The second-order valence-electron chi connectivity index (χ2n) is 8.85. The minimum absolute atomic E-state index is 0.0984. The smallest absolute Gasteiger partial charge is 0.114 e. The van der Waals surface area contributed by atoms with E-state index in [4.69, 9.17) is 6.42 Å². The van der Waals surface area contributed by atoms with Gasteiger partial charge in [0.15, 0.2) is 0 Å². The largest absolute Gasteiger partial charge is 0.387 e. The van der Waals surface area contributed by atoms with E-state index in [0.717, 1.165) is 18.5 Å². The zero-order valence-electron chi connectivity index (χ0n) is 17.9. The zero-order chi connectivity index (χ0) is 20.8. The highest BCUT2D eigenvalue weighted by Gasteiger charge is 2.24. The van der Waals surface area contributed by atoms with Gasteiger partial charge in [-0.2, -0.15) is 0 Å². The second kappa shape index (κ2) is 9.83. The summed E-state index contributed by atoms with van der Waals surface area (Å²) in [6, 6.07) is -0.209. The lowest BCUT2D eigenvalue weighted by atomic mass is 10.0. The fourth-order valence-electron chi connectivity index (χ4n) is 3.27. The van der Waals surface area contributed by atoms with Gasteiger partial charge in [-0.3, -0.25) is 0 Å². The van der Waals surface area contributed by atoms with E-state index < -0.39 is 6.10 Å². The van der Waals surface area contributed by atoms with Crippen LogP contribution in [-0.4, -0.2) is 35.1 Å². The number of aromatic nitrogens is 6. The van der Waals surface area contributed by atoms with Gasteiger partial charge in [-0.05, 0) is 37.0 Å². The van der Waals surface area contributed by atoms with Crippen LogP contribution in [0, 0.1) is 30.1 Å². The maximum atomic E-state index is 10.4. The molecule has 0 aliphatic rings. The topological polar surface area (TPSA) is 81.7 Å². The van der Waals surface area contributed by atoms with Gasteiger partial charge in [0.2, 0.25) is 0 Å². The molecule has 2 aromatic heterocycles. The Morgan fingerprint density at radius 3 is 1.96 bits per heavy atom. The Kier molecular flexibility index (Phi) is 7.76. The number of hydrogen-bond acceptors (Lipinski definition) is 5.